The summed E-state index contributed by atoms with van der Waals surface area (Å²) < 4.78 is 10.9. The molecule has 0 fully saturated rings. The van der Waals surface area contributed by atoms with Gasteiger partial charge in [0.2, 0.25) is 0 Å². The van der Waals surface area contributed by atoms with Gasteiger partial charge in [-0.25, -0.2) is 0 Å². The van der Waals surface area contributed by atoms with Crippen molar-refractivity contribution in [2.75, 3.05) is 12.4 Å². The maximum Gasteiger partial charge on any atom is 0.265 e. The van der Waals surface area contributed by atoms with Crippen LogP contribution in [0.25, 0.3) is 0 Å². The van der Waals surface area contributed by atoms with Crippen molar-refractivity contribution in [2.24, 2.45) is 0 Å². The van der Waals surface area contributed by atoms with E-state index >= 15 is 0 Å². The van der Waals surface area contributed by atoms with Crippen molar-refractivity contribution in [3.8, 4) is 11.5 Å². The van der Waals surface area contributed by atoms with E-state index in [1.807, 2.05) is 32.0 Å². The number of methoxy groups -OCH3 is 1. The lowest BCUT2D eigenvalue weighted by molar-refractivity contribution is -0.122. The van der Waals surface area contributed by atoms with Crippen molar-refractivity contribution in [3.63, 3.8) is 0 Å². The second kappa shape index (κ2) is 7.88. The highest BCUT2D eigenvalue weighted by Crippen LogP contribution is 2.24. The molecule has 5 heteroatoms. The molecule has 0 radical (unpaired) electrons. The molecule has 0 aromatic heterocycles. The number of halogens is 1. The van der Waals surface area contributed by atoms with Gasteiger partial charge in [0.15, 0.2) is 6.10 Å². The Bertz CT molecular complexity index is 688. The van der Waals surface area contributed by atoms with Crippen molar-refractivity contribution in [2.45, 2.75) is 26.4 Å². The molecule has 0 bridgehead atoms. The molecule has 0 heterocycles. The van der Waals surface area contributed by atoms with Crippen LogP contribution in [0.5, 0.6) is 11.5 Å². The third kappa shape index (κ3) is 4.39. The fourth-order valence-corrected chi connectivity index (χ4v) is 2.29. The van der Waals surface area contributed by atoms with Crippen LogP contribution in [0.3, 0.4) is 0 Å². The maximum atomic E-state index is 12.5. The van der Waals surface area contributed by atoms with Gasteiger partial charge in [-0.3, -0.25) is 4.79 Å². The Labute approximate surface area is 141 Å². The highest BCUT2D eigenvalue weighted by atomic mass is 35.5. The van der Waals surface area contributed by atoms with Gasteiger partial charge in [-0.1, -0.05) is 30.7 Å². The molecule has 0 saturated carbocycles. The number of carbonyl (C=O) groups is 1. The molecule has 122 valence electrons. The monoisotopic (exact) mass is 333 g/mol. The summed E-state index contributed by atoms with van der Waals surface area (Å²) in [6.45, 7) is 3.76. The van der Waals surface area contributed by atoms with E-state index in [1.165, 1.54) is 0 Å². The molecule has 0 aliphatic rings. The van der Waals surface area contributed by atoms with Crippen molar-refractivity contribution in [1.29, 1.82) is 0 Å². The third-order valence-electron chi connectivity index (χ3n) is 3.51. The quantitative estimate of drug-likeness (QED) is 0.849. The summed E-state index contributed by atoms with van der Waals surface area (Å²) in [5.41, 5.74) is 1.52. The molecule has 1 N–H and O–H groups in total. The molecule has 1 unspecified atom stereocenters. The minimum absolute atomic E-state index is 0.208. The predicted molar refractivity (Wildman–Crippen MR) is 92.5 cm³/mol. The fraction of sp³-hybridized carbons (Fsp3) is 0.278. The number of hydrogen-bond acceptors (Lipinski definition) is 3. The van der Waals surface area contributed by atoms with E-state index in [9.17, 15) is 4.79 Å². The lowest BCUT2D eigenvalue weighted by Crippen LogP contribution is -2.32. The molecule has 1 atom stereocenters. The Kier molecular flexibility index (Phi) is 5.88. The molecule has 2 aromatic carbocycles. The largest absolute Gasteiger partial charge is 0.497 e. The summed E-state index contributed by atoms with van der Waals surface area (Å²) in [6, 6.07) is 12.6. The van der Waals surface area contributed by atoms with Crippen molar-refractivity contribution < 1.29 is 14.3 Å². The normalized spacial score (nSPS) is 11.7. The van der Waals surface area contributed by atoms with E-state index in [-0.39, 0.29) is 5.91 Å². The first kappa shape index (κ1) is 17.2. The number of benzene rings is 2. The van der Waals surface area contributed by atoms with Crippen LogP contribution in [0, 0.1) is 6.92 Å². The first-order chi connectivity index (χ1) is 11.0. The number of carbonyl (C=O) groups excluding carboxylic acids is 1. The van der Waals surface area contributed by atoms with Crippen LogP contribution in [0.4, 0.5) is 5.69 Å². The predicted octanol–water partition coefficient (Wildman–Crippen LogP) is 4.45. The zero-order chi connectivity index (χ0) is 16.8. The van der Waals surface area contributed by atoms with E-state index in [1.54, 1.807) is 31.4 Å². The number of anilines is 1. The van der Waals surface area contributed by atoms with Crippen LogP contribution >= 0.6 is 11.6 Å². The van der Waals surface area contributed by atoms with E-state index in [0.717, 1.165) is 5.56 Å². The van der Waals surface area contributed by atoms with Crippen LogP contribution in [0.15, 0.2) is 42.5 Å². The standard InChI is InChI=1S/C18H20ClNO3/c1-4-17(23-14-8-5-7-13(11-14)22-3)18(21)20-16-10-6-9-15(19)12(16)2/h5-11,17H,4H2,1-3H3,(H,20,21). The van der Waals surface area contributed by atoms with E-state index in [0.29, 0.717) is 28.6 Å². The van der Waals surface area contributed by atoms with Gasteiger partial charge in [0.1, 0.15) is 11.5 Å². The Morgan fingerprint density at radius 3 is 2.61 bits per heavy atom. The smallest absolute Gasteiger partial charge is 0.265 e. The highest BCUT2D eigenvalue weighted by molar-refractivity contribution is 6.31. The molecular weight excluding hydrogens is 314 g/mol. The van der Waals surface area contributed by atoms with Gasteiger partial charge >= 0.3 is 0 Å². The first-order valence-corrected chi connectivity index (χ1v) is 7.79. The van der Waals surface area contributed by atoms with Gasteiger partial charge < -0.3 is 14.8 Å². The van der Waals surface area contributed by atoms with Gasteiger partial charge in [0, 0.05) is 16.8 Å². The summed E-state index contributed by atoms with van der Waals surface area (Å²) in [5, 5.41) is 3.49. The second-order valence-corrected chi connectivity index (χ2v) is 5.50. The molecule has 0 aliphatic heterocycles. The number of ether oxygens (including phenoxy) is 2. The van der Waals surface area contributed by atoms with E-state index in [2.05, 4.69) is 5.32 Å². The number of amides is 1. The topological polar surface area (TPSA) is 47.6 Å². The summed E-state index contributed by atoms with van der Waals surface area (Å²) in [6.07, 6.45) is -0.0525. The van der Waals surface area contributed by atoms with Crippen LogP contribution in [0.1, 0.15) is 18.9 Å². The SMILES string of the molecule is CCC(Oc1cccc(OC)c1)C(=O)Nc1cccc(Cl)c1C. The lowest BCUT2D eigenvalue weighted by atomic mass is 10.2. The lowest BCUT2D eigenvalue weighted by Gasteiger charge is -2.18. The van der Waals surface area contributed by atoms with Gasteiger partial charge in [-0.15, -0.1) is 0 Å². The Morgan fingerprint density at radius 1 is 1.22 bits per heavy atom. The molecule has 0 spiro atoms. The molecule has 0 aliphatic carbocycles. The summed E-state index contributed by atoms with van der Waals surface area (Å²) >= 11 is 6.08. The molecular formula is C18H20ClNO3. The molecule has 2 aromatic rings. The third-order valence-corrected chi connectivity index (χ3v) is 3.92. The zero-order valence-corrected chi connectivity index (χ0v) is 14.2. The van der Waals surface area contributed by atoms with Crippen molar-refractivity contribution in [3.05, 3.63) is 53.1 Å². The molecule has 0 saturated heterocycles. The van der Waals surface area contributed by atoms with Crippen LogP contribution in [-0.2, 0) is 4.79 Å². The average Bonchev–Trinajstić information content (AvgIpc) is 2.57. The fourth-order valence-electron chi connectivity index (χ4n) is 2.12. The van der Waals surface area contributed by atoms with Gasteiger partial charge in [-0.05, 0) is 43.2 Å². The number of hydrogen-bond donors (Lipinski definition) is 1. The van der Waals surface area contributed by atoms with E-state index in [4.69, 9.17) is 21.1 Å². The molecule has 2 rings (SSSR count). The highest BCUT2D eigenvalue weighted by Gasteiger charge is 2.19. The van der Waals surface area contributed by atoms with Crippen LogP contribution in [-0.4, -0.2) is 19.1 Å². The summed E-state index contributed by atoms with van der Waals surface area (Å²) in [4.78, 5) is 12.5. The van der Waals surface area contributed by atoms with Gasteiger partial charge in [0.25, 0.3) is 5.91 Å². The minimum atomic E-state index is -0.597. The summed E-state index contributed by atoms with van der Waals surface area (Å²) in [7, 11) is 1.59. The van der Waals surface area contributed by atoms with Crippen molar-refractivity contribution in [1.82, 2.24) is 0 Å². The molecule has 4 nitrogen and oxygen atoms in total. The second-order valence-electron chi connectivity index (χ2n) is 5.10. The minimum Gasteiger partial charge on any atom is -0.497 e. The number of nitrogens with one attached hydrogen (secondary N) is 1. The summed E-state index contributed by atoms with van der Waals surface area (Å²) in [5.74, 6) is 1.07. The van der Waals surface area contributed by atoms with Crippen LogP contribution < -0.4 is 14.8 Å². The van der Waals surface area contributed by atoms with Crippen LogP contribution in [0.2, 0.25) is 5.02 Å². The first-order valence-electron chi connectivity index (χ1n) is 7.41. The molecule has 1 amide bonds. The Hall–Kier alpha value is -2.20. The number of rotatable bonds is 6. The Morgan fingerprint density at radius 2 is 1.91 bits per heavy atom. The van der Waals surface area contributed by atoms with Gasteiger partial charge in [0.05, 0.1) is 7.11 Å². The average molecular weight is 334 g/mol. The van der Waals surface area contributed by atoms with Crippen molar-refractivity contribution >= 4 is 23.2 Å². The maximum absolute atomic E-state index is 12.5. The van der Waals surface area contributed by atoms with E-state index < -0.39 is 6.10 Å². The Balaban J connectivity index is 2.10. The molecule has 23 heavy (non-hydrogen) atoms. The van der Waals surface area contributed by atoms with Gasteiger partial charge in [-0.2, -0.15) is 0 Å². The zero-order valence-electron chi connectivity index (χ0n) is 13.4.